The molecule has 0 aromatic rings. The zero-order chi connectivity index (χ0) is 10.4. The summed E-state index contributed by atoms with van der Waals surface area (Å²) in [5.74, 6) is 1.10. The van der Waals surface area contributed by atoms with E-state index >= 15 is 0 Å². The molecule has 0 aliphatic carbocycles. The highest BCUT2D eigenvalue weighted by Crippen LogP contribution is 2.14. The molecular weight excluding hydrogens is 176 g/mol. The van der Waals surface area contributed by atoms with Crippen molar-refractivity contribution in [2.45, 2.75) is 33.1 Å². The third kappa shape index (κ3) is 4.09. The van der Waals surface area contributed by atoms with Crippen LogP contribution in [-0.4, -0.2) is 25.5 Å². The normalized spacial score (nSPS) is 18.5. The Balaban J connectivity index is 2.05. The van der Waals surface area contributed by atoms with E-state index in [-0.39, 0.29) is 11.8 Å². The van der Waals surface area contributed by atoms with Crippen molar-refractivity contribution >= 4 is 5.91 Å². The molecule has 1 amide bonds. The number of amides is 1. The van der Waals surface area contributed by atoms with Crippen molar-refractivity contribution in [3.63, 3.8) is 0 Å². The van der Waals surface area contributed by atoms with Gasteiger partial charge in [0.15, 0.2) is 0 Å². The average Bonchev–Trinajstić information content (AvgIpc) is 2.19. The van der Waals surface area contributed by atoms with Gasteiger partial charge in [0.2, 0.25) is 5.91 Å². The largest absolute Gasteiger partial charge is 0.356 e. The van der Waals surface area contributed by atoms with Gasteiger partial charge in [0.05, 0.1) is 0 Å². The molecule has 1 aliphatic heterocycles. The van der Waals surface area contributed by atoms with E-state index < -0.39 is 0 Å². The summed E-state index contributed by atoms with van der Waals surface area (Å²) >= 11 is 0. The molecule has 1 fully saturated rings. The lowest BCUT2D eigenvalue weighted by molar-refractivity contribution is -0.124. The van der Waals surface area contributed by atoms with Crippen LogP contribution in [0.2, 0.25) is 0 Å². The Morgan fingerprint density at radius 3 is 2.64 bits per heavy atom. The van der Waals surface area contributed by atoms with Crippen molar-refractivity contribution in [3.05, 3.63) is 0 Å². The number of piperidine rings is 1. The molecule has 1 heterocycles. The first kappa shape index (κ1) is 11.5. The zero-order valence-electron chi connectivity index (χ0n) is 9.31. The zero-order valence-corrected chi connectivity index (χ0v) is 9.31. The third-order valence-corrected chi connectivity index (χ3v) is 2.83. The lowest BCUT2D eigenvalue weighted by Gasteiger charge is -2.22. The summed E-state index contributed by atoms with van der Waals surface area (Å²) in [7, 11) is 0. The first-order valence-electron chi connectivity index (χ1n) is 5.68. The summed E-state index contributed by atoms with van der Waals surface area (Å²) in [5, 5.41) is 6.31. The minimum absolute atomic E-state index is 0.114. The van der Waals surface area contributed by atoms with E-state index in [9.17, 15) is 4.79 Å². The molecule has 0 unspecified atom stereocenters. The van der Waals surface area contributed by atoms with Crippen molar-refractivity contribution in [1.82, 2.24) is 10.6 Å². The van der Waals surface area contributed by atoms with E-state index in [1.807, 2.05) is 13.8 Å². The second-order valence-corrected chi connectivity index (χ2v) is 4.43. The molecule has 0 atom stereocenters. The molecule has 0 aromatic heterocycles. The van der Waals surface area contributed by atoms with E-state index in [1.165, 1.54) is 12.8 Å². The van der Waals surface area contributed by atoms with E-state index in [1.54, 1.807) is 0 Å². The van der Waals surface area contributed by atoms with Crippen LogP contribution < -0.4 is 10.6 Å². The van der Waals surface area contributed by atoms with E-state index in [2.05, 4.69) is 10.6 Å². The maximum atomic E-state index is 11.3. The van der Waals surface area contributed by atoms with Gasteiger partial charge in [-0.3, -0.25) is 4.79 Å². The second kappa shape index (κ2) is 6.02. The first-order chi connectivity index (χ1) is 6.70. The van der Waals surface area contributed by atoms with E-state index in [4.69, 9.17) is 0 Å². The van der Waals surface area contributed by atoms with Gasteiger partial charge < -0.3 is 10.6 Å². The average molecular weight is 198 g/mol. The van der Waals surface area contributed by atoms with Crippen molar-refractivity contribution in [3.8, 4) is 0 Å². The topological polar surface area (TPSA) is 41.1 Å². The smallest absolute Gasteiger partial charge is 0.222 e. The number of carbonyl (C=O) groups is 1. The maximum Gasteiger partial charge on any atom is 0.222 e. The van der Waals surface area contributed by atoms with Gasteiger partial charge in [-0.25, -0.2) is 0 Å². The minimum atomic E-state index is 0.114. The number of hydrogen-bond acceptors (Lipinski definition) is 2. The Morgan fingerprint density at radius 2 is 2.07 bits per heavy atom. The van der Waals surface area contributed by atoms with Gasteiger partial charge in [0.25, 0.3) is 0 Å². The van der Waals surface area contributed by atoms with Crippen LogP contribution in [0.5, 0.6) is 0 Å². The molecular formula is C11H22N2O. The van der Waals surface area contributed by atoms with Crippen LogP contribution in [0.15, 0.2) is 0 Å². The molecule has 3 nitrogen and oxygen atoms in total. The van der Waals surface area contributed by atoms with Crippen LogP contribution in [0.3, 0.4) is 0 Å². The first-order valence-corrected chi connectivity index (χ1v) is 5.68. The van der Waals surface area contributed by atoms with Gasteiger partial charge in [0, 0.05) is 12.5 Å². The number of rotatable bonds is 4. The van der Waals surface area contributed by atoms with Crippen molar-refractivity contribution in [2.24, 2.45) is 11.8 Å². The fraction of sp³-hybridized carbons (Fsp3) is 0.909. The van der Waals surface area contributed by atoms with Gasteiger partial charge in [-0.1, -0.05) is 13.8 Å². The lowest BCUT2D eigenvalue weighted by atomic mass is 9.95. The Bertz CT molecular complexity index is 174. The fourth-order valence-corrected chi connectivity index (χ4v) is 1.77. The maximum absolute atomic E-state index is 11.3. The molecule has 82 valence electrons. The summed E-state index contributed by atoms with van der Waals surface area (Å²) < 4.78 is 0. The van der Waals surface area contributed by atoms with Gasteiger partial charge in [-0.15, -0.1) is 0 Å². The molecule has 0 aromatic carbocycles. The molecule has 1 aliphatic rings. The number of nitrogens with one attached hydrogen (secondary N) is 2. The predicted molar refractivity (Wildman–Crippen MR) is 58.1 cm³/mol. The highest BCUT2D eigenvalue weighted by atomic mass is 16.1. The Labute approximate surface area is 86.6 Å². The predicted octanol–water partition coefficient (Wildman–Crippen LogP) is 1.15. The Hall–Kier alpha value is -0.570. The Morgan fingerprint density at radius 1 is 1.43 bits per heavy atom. The summed E-state index contributed by atoms with van der Waals surface area (Å²) in [6.45, 7) is 6.99. The van der Waals surface area contributed by atoms with E-state index in [0.717, 1.165) is 32.0 Å². The molecule has 2 N–H and O–H groups in total. The van der Waals surface area contributed by atoms with Crippen molar-refractivity contribution in [2.75, 3.05) is 19.6 Å². The fourth-order valence-electron chi connectivity index (χ4n) is 1.77. The summed E-state index contributed by atoms with van der Waals surface area (Å²) in [5.41, 5.74) is 0. The van der Waals surface area contributed by atoms with Crippen molar-refractivity contribution < 1.29 is 4.79 Å². The van der Waals surface area contributed by atoms with Crippen molar-refractivity contribution in [1.29, 1.82) is 0 Å². The van der Waals surface area contributed by atoms with Gasteiger partial charge in [-0.2, -0.15) is 0 Å². The van der Waals surface area contributed by atoms with Crippen LogP contribution in [0.1, 0.15) is 33.1 Å². The van der Waals surface area contributed by atoms with Crippen LogP contribution in [0.4, 0.5) is 0 Å². The molecule has 0 radical (unpaired) electrons. The summed E-state index contributed by atoms with van der Waals surface area (Å²) in [4.78, 5) is 11.3. The molecule has 3 heteroatoms. The number of hydrogen-bond donors (Lipinski definition) is 2. The highest BCUT2D eigenvalue weighted by molar-refractivity contribution is 5.77. The van der Waals surface area contributed by atoms with Gasteiger partial charge in [0.1, 0.15) is 0 Å². The number of carbonyl (C=O) groups excluding carboxylic acids is 1. The molecule has 0 spiro atoms. The molecule has 0 saturated carbocycles. The van der Waals surface area contributed by atoms with Crippen LogP contribution in [-0.2, 0) is 4.79 Å². The van der Waals surface area contributed by atoms with Gasteiger partial charge in [-0.05, 0) is 38.3 Å². The third-order valence-electron chi connectivity index (χ3n) is 2.83. The second-order valence-electron chi connectivity index (χ2n) is 4.43. The standard InChI is InChI=1S/C11H22N2O/c1-9(2)11(14)13-8-5-10-3-6-12-7-4-10/h9-10,12H,3-8H2,1-2H3,(H,13,14). The quantitative estimate of drug-likeness (QED) is 0.711. The van der Waals surface area contributed by atoms with Crippen LogP contribution in [0, 0.1) is 11.8 Å². The molecule has 1 rings (SSSR count). The van der Waals surface area contributed by atoms with Gasteiger partial charge >= 0.3 is 0 Å². The lowest BCUT2D eigenvalue weighted by Crippen LogP contribution is -2.32. The molecule has 0 bridgehead atoms. The Kier molecular flexibility index (Phi) is 4.94. The summed E-state index contributed by atoms with van der Waals surface area (Å²) in [6, 6.07) is 0. The SMILES string of the molecule is CC(C)C(=O)NCCC1CCNCC1. The molecule has 14 heavy (non-hydrogen) atoms. The highest BCUT2D eigenvalue weighted by Gasteiger charge is 2.13. The molecule has 1 saturated heterocycles. The summed E-state index contributed by atoms with van der Waals surface area (Å²) in [6.07, 6.45) is 3.66. The minimum Gasteiger partial charge on any atom is -0.356 e. The van der Waals surface area contributed by atoms with Crippen LogP contribution >= 0.6 is 0 Å². The van der Waals surface area contributed by atoms with Crippen LogP contribution in [0.25, 0.3) is 0 Å². The van der Waals surface area contributed by atoms with E-state index in [0.29, 0.717) is 0 Å². The monoisotopic (exact) mass is 198 g/mol.